The van der Waals surface area contributed by atoms with Crippen LogP contribution in [0, 0.1) is 17.3 Å². The molecule has 5 heterocycles. The number of aliphatic hydroxyl groups is 1. The number of carbonyl (C=O) groups is 4. The Morgan fingerprint density at radius 2 is 1.66 bits per heavy atom. The van der Waals surface area contributed by atoms with Crippen molar-refractivity contribution in [2.75, 3.05) is 36.8 Å². The first-order chi connectivity index (χ1) is 30.9. The number of aliphatic hydroxyl groups excluding tert-OH is 1. The second-order valence-electron chi connectivity index (χ2n) is 18.2. The summed E-state index contributed by atoms with van der Waals surface area (Å²) in [6.07, 6.45) is -0.172. The lowest BCUT2D eigenvalue weighted by Gasteiger charge is -2.53. The lowest BCUT2D eigenvalue weighted by atomic mass is 9.57. The molecular weight excluding hydrogens is 863 g/mol. The van der Waals surface area contributed by atoms with Crippen molar-refractivity contribution in [2.45, 2.75) is 101 Å². The maximum Gasteiger partial charge on any atom is 0.573 e. The van der Waals surface area contributed by atoms with E-state index in [1.807, 2.05) is 6.07 Å². The summed E-state index contributed by atoms with van der Waals surface area (Å²) >= 11 is 0. The van der Waals surface area contributed by atoms with Crippen LogP contribution in [0.3, 0.4) is 0 Å². The molecule has 9 rings (SSSR count). The highest BCUT2D eigenvalue weighted by Crippen LogP contribution is 2.54. The number of carbonyl (C=O) groups excluding carboxylic acids is 4. The molecule has 4 fully saturated rings. The minimum absolute atomic E-state index is 0.00639. The molecular formula is C45H48F6N8O6. The molecule has 2 saturated carbocycles. The zero-order valence-corrected chi connectivity index (χ0v) is 35.2. The van der Waals surface area contributed by atoms with Crippen LogP contribution in [-0.2, 0) is 15.8 Å². The van der Waals surface area contributed by atoms with Crippen molar-refractivity contribution in [1.82, 2.24) is 29.9 Å². The Balaban J connectivity index is 0.733. The van der Waals surface area contributed by atoms with Gasteiger partial charge in [-0.25, -0.2) is 4.98 Å². The van der Waals surface area contributed by atoms with Gasteiger partial charge in [-0.05, 0) is 125 Å². The molecule has 5 aliphatic rings. The van der Waals surface area contributed by atoms with Crippen LogP contribution in [0.2, 0.25) is 0 Å². The van der Waals surface area contributed by atoms with Crippen LogP contribution in [0.1, 0.15) is 115 Å². The Morgan fingerprint density at radius 1 is 0.923 bits per heavy atom. The molecule has 65 heavy (non-hydrogen) atoms. The Kier molecular flexibility index (Phi) is 11.8. The van der Waals surface area contributed by atoms with Gasteiger partial charge in [0.2, 0.25) is 11.8 Å². The van der Waals surface area contributed by atoms with E-state index in [1.165, 1.54) is 11.0 Å². The second-order valence-corrected chi connectivity index (χ2v) is 18.2. The molecule has 2 unspecified atom stereocenters. The van der Waals surface area contributed by atoms with Gasteiger partial charge in [0.15, 0.2) is 12.0 Å². The van der Waals surface area contributed by atoms with Gasteiger partial charge in [-0.3, -0.25) is 34.1 Å². The minimum atomic E-state index is -5.12. The summed E-state index contributed by atoms with van der Waals surface area (Å²) in [6, 6.07) is 9.33. The molecule has 0 bridgehead atoms. The predicted octanol–water partition coefficient (Wildman–Crippen LogP) is 7.58. The Bertz CT molecular complexity index is 2490. The van der Waals surface area contributed by atoms with E-state index in [1.54, 1.807) is 23.0 Å². The number of hydrogen-bond donors (Lipinski definition) is 4. The number of benzene rings is 2. The molecule has 2 aliphatic carbocycles. The molecule has 4 amide bonds. The average Bonchev–Trinajstić information content (AvgIpc) is 3.77. The Morgan fingerprint density at radius 3 is 2.37 bits per heavy atom. The largest absolute Gasteiger partial charge is 0.573 e. The molecule has 2 atom stereocenters. The van der Waals surface area contributed by atoms with Crippen LogP contribution in [0.4, 0.5) is 37.7 Å². The van der Waals surface area contributed by atoms with Crippen LogP contribution in [-0.4, -0.2) is 91.9 Å². The predicted molar refractivity (Wildman–Crippen MR) is 222 cm³/mol. The number of nitrogens with zero attached hydrogens (tertiary/aromatic N) is 5. The van der Waals surface area contributed by atoms with Crippen molar-refractivity contribution < 1.29 is 55.4 Å². The standard InChI is InChI=1S/C45H48F6N8O6/c46-44(47,48)36-6-2-5-31(53-36)39(61)54-33-19-27-24-58(56-32(27)20-35(33)65-45(49,50)51)28-9-7-25(8-10-28)23-57-17-14-43(15-18-57)21-26(22-43)13-16-52-30-4-1-3-29-38(30)42(64)59(41(29)63)34-11-12-37(60)55-40(34)62/h1-6,19-20,24-26,28,34,42,52,64H,7-18,21-23H2,(H,54,61)(H,55,60,62). The zero-order valence-electron chi connectivity index (χ0n) is 35.2. The first-order valence-corrected chi connectivity index (χ1v) is 22.0. The van der Waals surface area contributed by atoms with Gasteiger partial charge in [-0.15, -0.1) is 13.2 Å². The number of alkyl halides is 6. The van der Waals surface area contributed by atoms with Crippen LogP contribution in [0.25, 0.3) is 10.9 Å². The molecule has 2 aromatic carbocycles. The van der Waals surface area contributed by atoms with Gasteiger partial charge >= 0.3 is 12.5 Å². The van der Waals surface area contributed by atoms with E-state index in [2.05, 4.69) is 35.7 Å². The van der Waals surface area contributed by atoms with E-state index < -0.39 is 71.3 Å². The first kappa shape index (κ1) is 44.4. The van der Waals surface area contributed by atoms with E-state index in [9.17, 15) is 50.6 Å². The van der Waals surface area contributed by atoms with Gasteiger partial charge in [-0.2, -0.15) is 18.3 Å². The number of rotatable bonds is 11. The molecule has 1 spiro atoms. The number of nitrogens with one attached hydrogen (secondary N) is 3. The molecule has 346 valence electrons. The molecule has 2 saturated heterocycles. The van der Waals surface area contributed by atoms with Gasteiger partial charge in [0.05, 0.1) is 17.2 Å². The highest BCUT2D eigenvalue weighted by atomic mass is 19.4. The van der Waals surface area contributed by atoms with Crippen LogP contribution in [0.15, 0.2) is 54.7 Å². The average molecular weight is 911 g/mol. The lowest BCUT2D eigenvalue weighted by molar-refractivity contribution is -0.274. The normalized spacial score (nSPS) is 23.9. The number of ether oxygens (including phenoxy) is 1. The zero-order chi connectivity index (χ0) is 45.8. The van der Waals surface area contributed by atoms with Crippen molar-refractivity contribution in [1.29, 1.82) is 0 Å². The van der Waals surface area contributed by atoms with Crippen LogP contribution >= 0.6 is 0 Å². The van der Waals surface area contributed by atoms with Crippen LogP contribution < -0.4 is 20.7 Å². The van der Waals surface area contributed by atoms with Gasteiger partial charge < -0.3 is 25.4 Å². The first-order valence-electron chi connectivity index (χ1n) is 22.0. The topological polar surface area (TPSA) is 171 Å². The van der Waals surface area contributed by atoms with E-state index >= 15 is 0 Å². The minimum Gasteiger partial charge on any atom is -0.403 e. The van der Waals surface area contributed by atoms with Crippen molar-refractivity contribution in [2.24, 2.45) is 17.3 Å². The number of aromatic nitrogens is 3. The smallest absolute Gasteiger partial charge is 0.403 e. The molecule has 4 aromatic rings. The molecule has 20 heteroatoms. The summed E-state index contributed by atoms with van der Waals surface area (Å²) in [5, 5.41) is 24.1. The number of likely N-dealkylation sites (tertiary alicyclic amines) is 1. The fourth-order valence-corrected chi connectivity index (χ4v) is 10.7. The number of amides is 4. The molecule has 0 radical (unpaired) electrons. The number of imide groups is 1. The van der Waals surface area contributed by atoms with E-state index in [-0.39, 0.29) is 24.4 Å². The van der Waals surface area contributed by atoms with Crippen molar-refractivity contribution in [3.63, 3.8) is 0 Å². The van der Waals surface area contributed by atoms with Crippen molar-refractivity contribution in [3.8, 4) is 5.75 Å². The third kappa shape index (κ3) is 9.37. The highest BCUT2D eigenvalue weighted by molar-refractivity contribution is 6.07. The third-order valence-corrected chi connectivity index (χ3v) is 13.9. The fourth-order valence-electron chi connectivity index (χ4n) is 10.7. The number of fused-ring (bicyclic) bond motifs is 2. The maximum atomic E-state index is 13.4. The summed E-state index contributed by atoms with van der Waals surface area (Å²) in [5.41, 5.74) is -0.318. The number of pyridine rings is 1. The van der Waals surface area contributed by atoms with E-state index in [4.69, 9.17) is 0 Å². The quantitative estimate of drug-likeness (QED) is 0.0869. The maximum absolute atomic E-state index is 13.4. The molecule has 3 aliphatic heterocycles. The number of halogens is 6. The number of piperidine rings is 2. The fraction of sp³-hybridized carbons (Fsp3) is 0.511. The molecule has 4 N–H and O–H groups in total. The highest BCUT2D eigenvalue weighted by Gasteiger charge is 2.47. The van der Waals surface area contributed by atoms with Crippen LogP contribution in [0.5, 0.6) is 5.75 Å². The summed E-state index contributed by atoms with van der Waals surface area (Å²) < 4.78 is 85.7. The van der Waals surface area contributed by atoms with E-state index in [0.29, 0.717) is 52.1 Å². The molecule has 14 nitrogen and oxygen atoms in total. The van der Waals surface area contributed by atoms with Crippen molar-refractivity contribution in [3.05, 3.63) is 77.2 Å². The van der Waals surface area contributed by atoms with Gasteiger partial charge in [0.25, 0.3) is 11.8 Å². The Hall–Kier alpha value is -5.76. The van der Waals surface area contributed by atoms with Gasteiger partial charge in [0.1, 0.15) is 17.4 Å². The van der Waals surface area contributed by atoms with E-state index in [0.717, 1.165) is 95.6 Å². The summed E-state index contributed by atoms with van der Waals surface area (Å²) in [5.74, 6) is -2.23. The van der Waals surface area contributed by atoms with Crippen molar-refractivity contribution >= 4 is 45.9 Å². The Labute approximate surface area is 369 Å². The third-order valence-electron chi connectivity index (χ3n) is 13.9. The van der Waals surface area contributed by atoms with Gasteiger partial charge in [-0.1, -0.05) is 12.1 Å². The lowest BCUT2D eigenvalue weighted by Crippen LogP contribution is -2.53. The number of hydrogen-bond acceptors (Lipinski definition) is 10. The van der Waals surface area contributed by atoms with Gasteiger partial charge in [0, 0.05) is 54.0 Å². The second kappa shape index (κ2) is 17.2. The summed E-state index contributed by atoms with van der Waals surface area (Å²) in [7, 11) is 0. The SMILES string of the molecule is O=C1CCC(N2C(=O)c3cccc(NCCC4CC5(CCN(CC6CCC(n7cc8cc(NC(=O)c9cccc(C(F)(F)F)n9)c(OC(F)(F)F)cc8n7)CC6)CC5)C4)c3C2O)C(=O)N1. The number of anilines is 2. The summed E-state index contributed by atoms with van der Waals surface area (Å²) in [4.78, 5) is 57.4. The summed E-state index contributed by atoms with van der Waals surface area (Å²) in [6.45, 7) is 3.74. The monoisotopic (exact) mass is 910 g/mol. The molecule has 2 aromatic heterocycles.